The molecule has 0 radical (unpaired) electrons. The van der Waals surface area contributed by atoms with Gasteiger partial charge in [-0.1, -0.05) is 12.2 Å². The average molecular weight is 534 g/mol. The summed E-state index contributed by atoms with van der Waals surface area (Å²) in [7, 11) is 0. The van der Waals surface area contributed by atoms with Crippen LogP contribution in [0.25, 0.3) is 0 Å². The second-order valence-corrected chi connectivity index (χ2v) is 10.1. The monoisotopic (exact) mass is 533 g/mol. The minimum atomic E-state index is -0.270. The molecule has 2 amide bonds. The topological polar surface area (TPSA) is 111 Å². The Morgan fingerprint density at radius 3 is 2.90 bits per heavy atom. The fourth-order valence-corrected chi connectivity index (χ4v) is 5.76. The van der Waals surface area contributed by atoms with E-state index in [0.29, 0.717) is 44.4 Å². The van der Waals surface area contributed by atoms with Gasteiger partial charge in [0, 0.05) is 43.6 Å². The van der Waals surface area contributed by atoms with E-state index in [9.17, 15) is 9.59 Å². The smallest absolute Gasteiger partial charge is 0.410 e. The Kier molecular flexibility index (Phi) is 7.25. The lowest BCUT2D eigenvalue weighted by molar-refractivity contribution is -0.0699. The molecule has 39 heavy (non-hydrogen) atoms. The lowest BCUT2D eigenvalue weighted by atomic mass is 9.95. The fraction of sp³-hybridized carbons (Fsp3) is 0.464. The third kappa shape index (κ3) is 5.24. The number of piperidine rings is 1. The molecule has 5 aliphatic heterocycles. The molecule has 11 nitrogen and oxygen atoms in total. The second-order valence-electron chi connectivity index (χ2n) is 10.1. The molecule has 206 valence electrons. The number of benzene rings is 1. The maximum Gasteiger partial charge on any atom is 0.410 e. The second kappa shape index (κ2) is 11.1. The minimum Gasteiger partial charge on any atom is -0.450 e. The van der Waals surface area contributed by atoms with Gasteiger partial charge in [0.25, 0.3) is 5.91 Å². The maximum atomic E-state index is 13.3. The van der Waals surface area contributed by atoms with E-state index >= 15 is 0 Å². The molecule has 1 aromatic carbocycles. The van der Waals surface area contributed by atoms with Crippen LogP contribution in [0.4, 0.5) is 10.5 Å². The van der Waals surface area contributed by atoms with Gasteiger partial charge in [0.05, 0.1) is 25.4 Å². The first-order valence-electron chi connectivity index (χ1n) is 13.7. The van der Waals surface area contributed by atoms with Crippen molar-refractivity contribution in [2.45, 2.75) is 38.1 Å². The number of carbonyl (C=O) groups is 2. The van der Waals surface area contributed by atoms with E-state index in [4.69, 9.17) is 9.47 Å². The number of anilines is 1. The summed E-state index contributed by atoms with van der Waals surface area (Å²) in [6.07, 6.45) is 9.50. The number of ether oxygens (including phenoxy) is 2. The van der Waals surface area contributed by atoms with Crippen LogP contribution in [0.2, 0.25) is 0 Å². The number of hydrogen-bond acceptors (Lipinski definition) is 9. The quantitative estimate of drug-likeness (QED) is 0.540. The van der Waals surface area contributed by atoms with Crippen molar-refractivity contribution in [1.82, 2.24) is 25.4 Å². The fourth-order valence-electron chi connectivity index (χ4n) is 5.76. The standard InChI is InChI=1S/C28H35N7O4/c1-2-38-28(37)33-14-10-19(11-15-33)22-4-3-13-35-25(22)31-27(32-35)30-21-7-5-20(6-8-21)26(36)34-16-17-39-24-9-12-29-18-23(24)34/h3-8,10,13,23-25,29H,2,9,11-12,14-18H2,1H3,(H2,30,31,32). The molecule has 5 aliphatic rings. The molecule has 6 rings (SSSR count). The number of rotatable bonds is 4. The molecule has 2 saturated heterocycles. The maximum absolute atomic E-state index is 13.3. The Bertz CT molecular complexity index is 1220. The van der Waals surface area contributed by atoms with Crippen LogP contribution in [0.15, 0.2) is 64.9 Å². The number of amides is 2. The summed E-state index contributed by atoms with van der Waals surface area (Å²) >= 11 is 0. The van der Waals surface area contributed by atoms with Gasteiger partial charge in [0.2, 0.25) is 5.96 Å². The molecular formula is C28H35N7O4. The van der Waals surface area contributed by atoms with E-state index in [1.54, 1.807) is 4.90 Å². The van der Waals surface area contributed by atoms with Crippen molar-refractivity contribution >= 4 is 23.6 Å². The summed E-state index contributed by atoms with van der Waals surface area (Å²) in [4.78, 5) is 29.0. The van der Waals surface area contributed by atoms with Gasteiger partial charge in [-0.15, -0.1) is 5.10 Å². The number of hydrogen-bond donors (Lipinski definition) is 3. The highest BCUT2D eigenvalue weighted by molar-refractivity contribution is 5.97. The van der Waals surface area contributed by atoms with Crippen molar-refractivity contribution in [2.75, 3.05) is 51.3 Å². The molecule has 2 fully saturated rings. The lowest BCUT2D eigenvalue weighted by Gasteiger charge is -2.44. The Morgan fingerprint density at radius 2 is 2.10 bits per heavy atom. The number of guanidine groups is 1. The van der Waals surface area contributed by atoms with Crippen molar-refractivity contribution in [3.8, 4) is 0 Å². The Morgan fingerprint density at radius 1 is 1.23 bits per heavy atom. The SMILES string of the molecule is CCOC(=O)N1CC=C(C2=CC=CN3N=C(Nc4ccc(C(=O)N5CCOC6CCNCC65)cc4)NC23)CC1. The third-order valence-electron chi connectivity index (χ3n) is 7.78. The molecule has 0 aliphatic carbocycles. The summed E-state index contributed by atoms with van der Waals surface area (Å²) in [6, 6.07) is 7.62. The van der Waals surface area contributed by atoms with Crippen LogP contribution < -0.4 is 16.0 Å². The van der Waals surface area contributed by atoms with Gasteiger partial charge in [-0.05, 0) is 67.8 Å². The highest BCUT2D eigenvalue weighted by Gasteiger charge is 2.37. The highest BCUT2D eigenvalue weighted by atomic mass is 16.6. The summed E-state index contributed by atoms with van der Waals surface area (Å²) in [6.45, 7) is 6.24. The van der Waals surface area contributed by atoms with Gasteiger partial charge in [0.1, 0.15) is 6.17 Å². The number of hydrazone groups is 1. The zero-order valence-electron chi connectivity index (χ0n) is 22.1. The van der Waals surface area contributed by atoms with Crippen LogP contribution in [0.5, 0.6) is 0 Å². The largest absolute Gasteiger partial charge is 0.450 e. The summed E-state index contributed by atoms with van der Waals surface area (Å²) in [5.41, 5.74) is 3.83. The van der Waals surface area contributed by atoms with Crippen molar-refractivity contribution in [1.29, 1.82) is 0 Å². The first-order valence-corrected chi connectivity index (χ1v) is 13.7. The molecule has 0 aromatic heterocycles. The number of carbonyl (C=O) groups excluding carboxylic acids is 2. The van der Waals surface area contributed by atoms with Gasteiger partial charge in [-0.25, -0.2) is 9.80 Å². The summed E-state index contributed by atoms with van der Waals surface area (Å²) in [5, 5.41) is 16.8. The molecule has 0 saturated carbocycles. The number of nitrogens with zero attached hydrogens (tertiary/aromatic N) is 4. The lowest BCUT2D eigenvalue weighted by Crippen LogP contribution is -2.60. The van der Waals surface area contributed by atoms with Gasteiger partial charge >= 0.3 is 6.09 Å². The van der Waals surface area contributed by atoms with E-state index in [-0.39, 0.29) is 30.3 Å². The minimum absolute atomic E-state index is 0.0409. The number of morpholine rings is 1. The highest BCUT2D eigenvalue weighted by Crippen LogP contribution is 2.29. The Labute approximate surface area is 228 Å². The van der Waals surface area contributed by atoms with Crippen molar-refractivity contribution in [3.05, 3.63) is 65.4 Å². The van der Waals surface area contributed by atoms with Crippen molar-refractivity contribution in [2.24, 2.45) is 5.10 Å². The van der Waals surface area contributed by atoms with E-state index < -0.39 is 0 Å². The molecule has 5 heterocycles. The first kappa shape index (κ1) is 25.4. The molecule has 1 aromatic rings. The normalized spacial score (nSPS) is 26.0. The molecule has 3 N–H and O–H groups in total. The molecule has 11 heteroatoms. The number of fused-ring (bicyclic) bond motifs is 2. The van der Waals surface area contributed by atoms with Crippen LogP contribution in [0.3, 0.4) is 0 Å². The molecule has 0 spiro atoms. The zero-order chi connectivity index (χ0) is 26.8. The molecule has 3 unspecified atom stereocenters. The average Bonchev–Trinajstić information content (AvgIpc) is 3.40. The summed E-state index contributed by atoms with van der Waals surface area (Å²) < 4.78 is 11.0. The van der Waals surface area contributed by atoms with E-state index in [0.717, 1.165) is 37.2 Å². The van der Waals surface area contributed by atoms with Crippen LogP contribution in [-0.2, 0) is 9.47 Å². The van der Waals surface area contributed by atoms with Gasteiger partial charge < -0.3 is 35.2 Å². The van der Waals surface area contributed by atoms with Crippen molar-refractivity contribution in [3.63, 3.8) is 0 Å². The van der Waals surface area contributed by atoms with Crippen molar-refractivity contribution < 1.29 is 19.1 Å². The first-order chi connectivity index (χ1) is 19.1. The Balaban J connectivity index is 1.07. The molecular weight excluding hydrogens is 498 g/mol. The van der Waals surface area contributed by atoms with E-state index in [1.807, 2.05) is 53.4 Å². The van der Waals surface area contributed by atoms with Crippen LogP contribution in [0.1, 0.15) is 30.1 Å². The Hall–Kier alpha value is -3.83. The molecule has 3 atom stereocenters. The number of allylic oxidation sites excluding steroid dienone is 2. The van der Waals surface area contributed by atoms with E-state index in [2.05, 4.69) is 33.2 Å². The number of nitrogens with one attached hydrogen (secondary N) is 3. The van der Waals surface area contributed by atoms with Crippen LogP contribution >= 0.6 is 0 Å². The zero-order valence-corrected chi connectivity index (χ0v) is 22.1. The predicted octanol–water partition coefficient (Wildman–Crippen LogP) is 2.05. The van der Waals surface area contributed by atoms with Gasteiger partial charge in [0.15, 0.2) is 0 Å². The summed E-state index contributed by atoms with van der Waals surface area (Å²) in [5.74, 6) is 0.671. The van der Waals surface area contributed by atoms with Crippen LogP contribution in [0, 0.1) is 0 Å². The van der Waals surface area contributed by atoms with Crippen LogP contribution in [-0.4, -0.2) is 97.0 Å². The third-order valence-corrected chi connectivity index (χ3v) is 7.78. The van der Waals surface area contributed by atoms with Gasteiger partial charge in [-0.2, -0.15) is 0 Å². The molecule has 0 bridgehead atoms. The van der Waals surface area contributed by atoms with Gasteiger partial charge in [-0.3, -0.25) is 4.79 Å². The predicted molar refractivity (Wildman–Crippen MR) is 147 cm³/mol. The van der Waals surface area contributed by atoms with E-state index in [1.165, 1.54) is 5.57 Å².